The predicted molar refractivity (Wildman–Crippen MR) is 115 cm³/mol. The van der Waals surface area contributed by atoms with Gasteiger partial charge in [0.05, 0.1) is 11.5 Å². The van der Waals surface area contributed by atoms with Crippen molar-refractivity contribution in [2.45, 2.75) is 38.5 Å². The van der Waals surface area contributed by atoms with Crippen LogP contribution in [0.25, 0.3) is 0 Å². The number of anilines is 2. The summed E-state index contributed by atoms with van der Waals surface area (Å²) in [6, 6.07) is 9.83. The molecule has 2 amide bonds. The van der Waals surface area contributed by atoms with E-state index in [4.69, 9.17) is 0 Å². The van der Waals surface area contributed by atoms with Gasteiger partial charge in [0.25, 0.3) is 5.56 Å². The van der Waals surface area contributed by atoms with Crippen LogP contribution < -0.4 is 21.1 Å². The van der Waals surface area contributed by atoms with Gasteiger partial charge < -0.3 is 15.5 Å². The molecule has 0 unspecified atom stereocenters. The molecule has 0 bridgehead atoms. The number of piperidine rings is 1. The van der Waals surface area contributed by atoms with Gasteiger partial charge in [0.15, 0.2) is 0 Å². The van der Waals surface area contributed by atoms with Gasteiger partial charge in [-0.2, -0.15) is 4.98 Å². The number of aromatic nitrogens is 2. The fraction of sp³-hybridized carbons (Fsp3) is 0.455. The minimum atomic E-state index is -0.837. The van der Waals surface area contributed by atoms with Crippen LogP contribution in [-0.2, 0) is 16.0 Å². The zero-order chi connectivity index (χ0) is 21.1. The summed E-state index contributed by atoms with van der Waals surface area (Å²) >= 11 is 0. The Hall–Kier alpha value is -3.16. The van der Waals surface area contributed by atoms with Crippen LogP contribution >= 0.6 is 0 Å². The van der Waals surface area contributed by atoms with Gasteiger partial charge in [0.1, 0.15) is 5.82 Å². The maximum Gasteiger partial charge on any atom is 0.258 e. The number of hydrogen-bond acceptors (Lipinski definition) is 5. The van der Waals surface area contributed by atoms with Crippen molar-refractivity contribution < 1.29 is 9.59 Å². The molecular formula is C22H27N5O3. The fourth-order valence-corrected chi connectivity index (χ4v) is 4.05. The van der Waals surface area contributed by atoms with Crippen molar-refractivity contribution in [1.82, 2.24) is 15.3 Å². The summed E-state index contributed by atoms with van der Waals surface area (Å²) in [5, 5.41) is 5.54. The fourth-order valence-electron chi connectivity index (χ4n) is 4.05. The van der Waals surface area contributed by atoms with Crippen LogP contribution in [0.15, 0.2) is 35.1 Å². The van der Waals surface area contributed by atoms with Gasteiger partial charge >= 0.3 is 0 Å². The molecule has 1 saturated heterocycles. The van der Waals surface area contributed by atoms with Crippen LogP contribution in [-0.4, -0.2) is 41.4 Å². The van der Waals surface area contributed by atoms with Crippen LogP contribution in [0, 0.1) is 5.92 Å². The van der Waals surface area contributed by atoms with Crippen molar-refractivity contribution in [1.29, 1.82) is 0 Å². The lowest BCUT2D eigenvalue weighted by Gasteiger charge is -2.31. The summed E-state index contributed by atoms with van der Waals surface area (Å²) in [5.41, 5.74) is 0.984. The van der Waals surface area contributed by atoms with Gasteiger partial charge in [-0.25, -0.2) is 0 Å². The van der Waals surface area contributed by atoms with E-state index in [2.05, 4.69) is 27.5 Å². The Balaban J connectivity index is 1.50. The first kappa shape index (κ1) is 20.1. The molecule has 3 N–H and O–H groups in total. The highest BCUT2D eigenvalue weighted by Crippen LogP contribution is 2.30. The number of carbonyl (C=O) groups is 2. The molecule has 2 aliphatic heterocycles. The highest BCUT2D eigenvalue weighted by Gasteiger charge is 2.35. The number of carbonyl (C=O) groups excluding carboxylic acids is 2. The number of aromatic amines is 1. The summed E-state index contributed by atoms with van der Waals surface area (Å²) in [5.74, 6) is -0.163. The summed E-state index contributed by atoms with van der Waals surface area (Å²) < 4.78 is 0. The number of amides is 2. The van der Waals surface area contributed by atoms with Crippen molar-refractivity contribution in [2.24, 2.45) is 5.92 Å². The molecule has 8 heteroatoms. The Morgan fingerprint density at radius 3 is 2.67 bits per heavy atom. The molecule has 30 heavy (non-hydrogen) atoms. The standard InChI is InChI=1S/C22H27N5O3/c1-14-8-11-27(12-9-14)22-25-19-18(21(30)26-22)16(13-17(28)24-19)20(29)23-10-7-15-5-3-2-4-6-15/h2-6,14,16H,7-13H2,1H3,(H,23,29)(H2,24,25,26,28,30)/t16-/m0/s1. The summed E-state index contributed by atoms with van der Waals surface area (Å²) in [6.07, 6.45) is 2.67. The van der Waals surface area contributed by atoms with E-state index in [-0.39, 0.29) is 35.2 Å². The highest BCUT2D eigenvalue weighted by atomic mass is 16.2. The normalized spacial score (nSPS) is 19.2. The first-order valence-corrected chi connectivity index (χ1v) is 10.5. The molecule has 158 valence electrons. The van der Waals surface area contributed by atoms with E-state index >= 15 is 0 Å². The number of nitrogens with one attached hydrogen (secondary N) is 3. The number of fused-ring (bicyclic) bond motifs is 1. The van der Waals surface area contributed by atoms with Gasteiger partial charge in [-0.1, -0.05) is 37.3 Å². The van der Waals surface area contributed by atoms with Crippen molar-refractivity contribution >= 4 is 23.6 Å². The number of rotatable bonds is 5. The molecule has 0 spiro atoms. The molecule has 8 nitrogen and oxygen atoms in total. The Labute approximate surface area is 175 Å². The molecule has 1 aromatic heterocycles. The second-order valence-corrected chi connectivity index (χ2v) is 8.15. The van der Waals surface area contributed by atoms with E-state index in [0.717, 1.165) is 31.5 Å². The van der Waals surface area contributed by atoms with Gasteiger partial charge in [-0.05, 0) is 30.7 Å². The number of H-pyrrole nitrogens is 1. The van der Waals surface area contributed by atoms with Crippen molar-refractivity contribution in [3.8, 4) is 0 Å². The van der Waals surface area contributed by atoms with Crippen molar-refractivity contribution in [3.05, 3.63) is 51.8 Å². The van der Waals surface area contributed by atoms with Gasteiger partial charge in [0, 0.05) is 26.1 Å². The third kappa shape index (κ3) is 4.37. The number of nitrogens with zero attached hydrogens (tertiary/aromatic N) is 2. The Morgan fingerprint density at radius 1 is 1.20 bits per heavy atom. The quantitative estimate of drug-likeness (QED) is 0.698. The average molecular weight is 409 g/mol. The number of benzene rings is 1. The molecule has 1 atom stereocenters. The lowest BCUT2D eigenvalue weighted by molar-refractivity contribution is -0.126. The van der Waals surface area contributed by atoms with Gasteiger partial charge in [-0.15, -0.1) is 0 Å². The van der Waals surface area contributed by atoms with Crippen molar-refractivity contribution in [2.75, 3.05) is 29.9 Å². The van der Waals surface area contributed by atoms with Gasteiger partial charge in [0.2, 0.25) is 17.8 Å². The molecular weight excluding hydrogens is 382 g/mol. The maximum absolute atomic E-state index is 12.9. The minimum absolute atomic E-state index is 0.0600. The molecule has 0 saturated carbocycles. The van der Waals surface area contributed by atoms with Crippen LogP contribution in [0.1, 0.15) is 43.2 Å². The molecule has 1 aromatic carbocycles. The molecule has 4 rings (SSSR count). The average Bonchev–Trinajstić information content (AvgIpc) is 2.74. The Morgan fingerprint density at radius 2 is 1.93 bits per heavy atom. The lowest BCUT2D eigenvalue weighted by atomic mass is 9.92. The zero-order valence-corrected chi connectivity index (χ0v) is 17.1. The van der Waals surface area contributed by atoms with Gasteiger partial charge in [-0.3, -0.25) is 19.4 Å². The highest BCUT2D eigenvalue weighted by molar-refractivity contribution is 6.00. The smallest absolute Gasteiger partial charge is 0.258 e. The maximum atomic E-state index is 12.9. The second kappa shape index (κ2) is 8.69. The third-order valence-corrected chi connectivity index (χ3v) is 5.89. The molecule has 3 heterocycles. The van der Waals surface area contributed by atoms with E-state index in [1.54, 1.807) is 0 Å². The molecule has 1 fully saturated rings. The molecule has 2 aliphatic rings. The first-order valence-electron chi connectivity index (χ1n) is 10.5. The van der Waals surface area contributed by atoms with Crippen LogP contribution in [0.4, 0.5) is 11.8 Å². The van der Waals surface area contributed by atoms with E-state index in [9.17, 15) is 14.4 Å². The van der Waals surface area contributed by atoms with E-state index in [0.29, 0.717) is 24.8 Å². The SMILES string of the molecule is CC1CCN(c2nc3c(c(=O)[nH]2)[C@@H](C(=O)NCCc2ccccc2)CC(=O)N3)CC1. The van der Waals surface area contributed by atoms with Crippen molar-refractivity contribution in [3.63, 3.8) is 0 Å². The minimum Gasteiger partial charge on any atom is -0.355 e. The summed E-state index contributed by atoms with van der Waals surface area (Å²) in [4.78, 5) is 47.2. The van der Waals surface area contributed by atoms with Crippen LogP contribution in [0.5, 0.6) is 0 Å². The molecule has 0 radical (unpaired) electrons. The Kier molecular flexibility index (Phi) is 5.83. The van der Waals surface area contributed by atoms with Crippen LogP contribution in [0.2, 0.25) is 0 Å². The Bertz CT molecular complexity index is 980. The summed E-state index contributed by atoms with van der Waals surface area (Å²) in [6.45, 7) is 4.26. The predicted octanol–water partition coefficient (Wildman–Crippen LogP) is 1.79. The third-order valence-electron chi connectivity index (χ3n) is 5.89. The van der Waals surface area contributed by atoms with E-state index < -0.39 is 5.92 Å². The monoisotopic (exact) mass is 409 g/mol. The second-order valence-electron chi connectivity index (χ2n) is 8.15. The number of hydrogen-bond donors (Lipinski definition) is 3. The summed E-state index contributed by atoms with van der Waals surface area (Å²) in [7, 11) is 0. The van der Waals surface area contributed by atoms with Crippen LogP contribution in [0.3, 0.4) is 0 Å². The zero-order valence-electron chi connectivity index (χ0n) is 17.1. The van der Waals surface area contributed by atoms with E-state index in [1.165, 1.54) is 0 Å². The largest absolute Gasteiger partial charge is 0.355 e. The van der Waals surface area contributed by atoms with E-state index in [1.807, 2.05) is 35.2 Å². The lowest BCUT2D eigenvalue weighted by Crippen LogP contribution is -2.41. The molecule has 2 aromatic rings. The topological polar surface area (TPSA) is 107 Å². The molecule has 0 aliphatic carbocycles. The first-order chi connectivity index (χ1) is 14.5.